The SMILES string of the molecule is S=c1[nH]nc(N2CCCCCC2)n1-c1ccccc1. The first-order chi connectivity index (χ1) is 9.36. The summed E-state index contributed by atoms with van der Waals surface area (Å²) in [5.41, 5.74) is 1.07. The molecule has 1 aromatic carbocycles. The number of H-pyrrole nitrogens is 1. The molecule has 1 fully saturated rings. The lowest BCUT2D eigenvalue weighted by molar-refractivity contribution is 0.726. The molecular weight excluding hydrogens is 256 g/mol. The van der Waals surface area contributed by atoms with Crippen molar-refractivity contribution in [3.8, 4) is 5.69 Å². The van der Waals surface area contributed by atoms with E-state index in [4.69, 9.17) is 12.2 Å². The van der Waals surface area contributed by atoms with E-state index in [1.165, 1.54) is 25.7 Å². The predicted molar refractivity (Wildman–Crippen MR) is 79.4 cm³/mol. The molecule has 1 saturated heterocycles. The van der Waals surface area contributed by atoms with E-state index in [0.29, 0.717) is 4.77 Å². The van der Waals surface area contributed by atoms with Crippen molar-refractivity contribution in [2.75, 3.05) is 18.0 Å². The number of anilines is 1. The molecule has 0 atom stereocenters. The van der Waals surface area contributed by atoms with Crippen LogP contribution in [0.1, 0.15) is 25.7 Å². The second-order valence-electron chi connectivity index (χ2n) is 4.90. The maximum Gasteiger partial charge on any atom is 0.230 e. The number of benzene rings is 1. The Morgan fingerprint density at radius 3 is 2.37 bits per heavy atom. The van der Waals surface area contributed by atoms with Crippen LogP contribution < -0.4 is 4.90 Å². The number of rotatable bonds is 2. The van der Waals surface area contributed by atoms with Gasteiger partial charge in [0.2, 0.25) is 10.7 Å². The summed E-state index contributed by atoms with van der Waals surface area (Å²) in [4.78, 5) is 2.34. The van der Waals surface area contributed by atoms with Gasteiger partial charge in [-0.05, 0) is 37.2 Å². The summed E-state index contributed by atoms with van der Waals surface area (Å²) in [6.45, 7) is 2.12. The summed E-state index contributed by atoms with van der Waals surface area (Å²) >= 11 is 5.38. The van der Waals surface area contributed by atoms with Crippen molar-refractivity contribution in [2.45, 2.75) is 25.7 Å². The van der Waals surface area contributed by atoms with Crippen molar-refractivity contribution in [2.24, 2.45) is 0 Å². The average Bonchev–Trinajstić information content (AvgIpc) is 2.67. The van der Waals surface area contributed by atoms with Crippen LogP contribution in [0.4, 0.5) is 5.95 Å². The minimum atomic E-state index is 0.658. The van der Waals surface area contributed by atoms with Crippen molar-refractivity contribution in [1.29, 1.82) is 0 Å². The third-order valence-electron chi connectivity index (χ3n) is 3.56. The molecule has 3 rings (SSSR count). The summed E-state index contributed by atoms with van der Waals surface area (Å²) < 4.78 is 2.69. The van der Waals surface area contributed by atoms with Gasteiger partial charge in [0.05, 0.1) is 5.69 Å². The van der Waals surface area contributed by atoms with Crippen LogP contribution in [-0.2, 0) is 0 Å². The van der Waals surface area contributed by atoms with E-state index < -0.39 is 0 Å². The van der Waals surface area contributed by atoms with Gasteiger partial charge in [-0.1, -0.05) is 31.0 Å². The summed E-state index contributed by atoms with van der Waals surface area (Å²) in [6, 6.07) is 10.2. The first-order valence-corrected chi connectivity index (χ1v) is 7.25. The van der Waals surface area contributed by atoms with Gasteiger partial charge in [-0.2, -0.15) is 0 Å². The third-order valence-corrected chi connectivity index (χ3v) is 3.83. The molecule has 100 valence electrons. The van der Waals surface area contributed by atoms with Crippen LogP contribution in [0.15, 0.2) is 30.3 Å². The monoisotopic (exact) mass is 274 g/mol. The Morgan fingerprint density at radius 1 is 1.00 bits per heavy atom. The van der Waals surface area contributed by atoms with Gasteiger partial charge < -0.3 is 4.90 Å². The van der Waals surface area contributed by atoms with Crippen molar-refractivity contribution in [1.82, 2.24) is 14.8 Å². The Labute approximate surface area is 118 Å². The third kappa shape index (κ3) is 2.56. The smallest absolute Gasteiger partial charge is 0.230 e. The fourth-order valence-electron chi connectivity index (χ4n) is 2.58. The van der Waals surface area contributed by atoms with Crippen molar-refractivity contribution >= 4 is 18.2 Å². The number of para-hydroxylation sites is 1. The van der Waals surface area contributed by atoms with Crippen LogP contribution >= 0.6 is 12.2 Å². The molecule has 19 heavy (non-hydrogen) atoms. The molecule has 0 radical (unpaired) electrons. The highest BCUT2D eigenvalue weighted by molar-refractivity contribution is 7.71. The number of nitrogens with zero attached hydrogens (tertiary/aromatic N) is 3. The van der Waals surface area contributed by atoms with E-state index in [-0.39, 0.29) is 0 Å². The summed E-state index contributed by atoms with van der Waals surface area (Å²) in [5.74, 6) is 0.943. The van der Waals surface area contributed by atoms with Crippen molar-refractivity contribution in [3.05, 3.63) is 35.1 Å². The molecule has 0 saturated carbocycles. The number of hydrogen-bond acceptors (Lipinski definition) is 3. The van der Waals surface area contributed by atoms with E-state index >= 15 is 0 Å². The molecule has 1 aromatic heterocycles. The Morgan fingerprint density at radius 2 is 1.68 bits per heavy atom. The zero-order valence-electron chi connectivity index (χ0n) is 10.9. The maximum absolute atomic E-state index is 5.38. The Balaban J connectivity index is 2.01. The molecule has 0 amide bonds. The van der Waals surface area contributed by atoms with E-state index in [1.807, 2.05) is 22.8 Å². The first-order valence-electron chi connectivity index (χ1n) is 6.84. The quantitative estimate of drug-likeness (QED) is 0.854. The van der Waals surface area contributed by atoms with E-state index in [0.717, 1.165) is 24.7 Å². The van der Waals surface area contributed by atoms with Gasteiger partial charge in [0.15, 0.2) is 0 Å². The molecule has 1 aliphatic heterocycles. The molecule has 0 unspecified atom stereocenters. The summed E-state index contributed by atoms with van der Waals surface area (Å²) in [7, 11) is 0. The highest BCUT2D eigenvalue weighted by Crippen LogP contribution is 2.21. The number of aromatic nitrogens is 3. The Kier molecular flexibility index (Phi) is 3.64. The minimum absolute atomic E-state index is 0.658. The van der Waals surface area contributed by atoms with E-state index in [2.05, 4.69) is 27.2 Å². The zero-order valence-corrected chi connectivity index (χ0v) is 11.7. The van der Waals surface area contributed by atoms with Gasteiger partial charge in [-0.25, -0.2) is 5.10 Å². The normalized spacial score (nSPS) is 16.3. The van der Waals surface area contributed by atoms with Crippen molar-refractivity contribution < 1.29 is 0 Å². The number of nitrogens with one attached hydrogen (secondary N) is 1. The van der Waals surface area contributed by atoms with Crippen molar-refractivity contribution in [3.63, 3.8) is 0 Å². The average molecular weight is 274 g/mol. The van der Waals surface area contributed by atoms with Gasteiger partial charge in [-0.3, -0.25) is 4.57 Å². The van der Waals surface area contributed by atoms with Crippen LogP contribution in [-0.4, -0.2) is 27.9 Å². The second-order valence-corrected chi connectivity index (χ2v) is 5.29. The van der Waals surface area contributed by atoms with Crippen LogP contribution in [0.3, 0.4) is 0 Å². The first kappa shape index (κ1) is 12.4. The fraction of sp³-hybridized carbons (Fsp3) is 0.429. The molecular formula is C14H18N4S. The molecule has 5 heteroatoms. The lowest BCUT2D eigenvalue weighted by Gasteiger charge is -2.21. The molecule has 1 aliphatic rings. The Hall–Kier alpha value is -1.62. The molecule has 0 spiro atoms. The molecule has 0 bridgehead atoms. The molecule has 0 aliphatic carbocycles. The fourth-order valence-corrected chi connectivity index (χ4v) is 2.81. The topological polar surface area (TPSA) is 36.9 Å². The second kappa shape index (κ2) is 5.57. The molecule has 2 heterocycles. The van der Waals surface area contributed by atoms with Crippen LogP contribution in [0.2, 0.25) is 0 Å². The minimum Gasteiger partial charge on any atom is -0.341 e. The summed E-state index contributed by atoms with van der Waals surface area (Å²) in [6.07, 6.45) is 5.09. The van der Waals surface area contributed by atoms with Gasteiger partial charge in [0, 0.05) is 13.1 Å². The van der Waals surface area contributed by atoms with Crippen LogP contribution in [0.25, 0.3) is 5.69 Å². The van der Waals surface area contributed by atoms with E-state index in [1.54, 1.807) is 0 Å². The van der Waals surface area contributed by atoms with Crippen LogP contribution in [0, 0.1) is 4.77 Å². The summed E-state index contributed by atoms with van der Waals surface area (Å²) in [5, 5.41) is 7.36. The van der Waals surface area contributed by atoms with Gasteiger partial charge in [-0.15, -0.1) is 5.10 Å². The van der Waals surface area contributed by atoms with Crippen LogP contribution in [0.5, 0.6) is 0 Å². The number of hydrogen-bond donors (Lipinski definition) is 1. The number of aromatic amines is 1. The lowest BCUT2D eigenvalue weighted by atomic mass is 10.2. The van der Waals surface area contributed by atoms with E-state index in [9.17, 15) is 0 Å². The van der Waals surface area contributed by atoms with Gasteiger partial charge >= 0.3 is 0 Å². The largest absolute Gasteiger partial charge is 0.341 e. The Bertz CT molecular complexity index is 579. The van der Waals surface area contributed by atoms with Gasteiger partial charge in [0.1, 0.15) is 0 Å². The standard InChI is InChI=1S/C14H18N4S/c19-14-16-15-13(17-10-6-1-2-7-11-17)18(14)12-8-4-3-5-9-12/h3-5,8-9H,1-2,6-7,10-11H2,(H,16,19). The highest BCUT2D eigenvalue weighted by Gasteiger charge is 2.17. The molecule has 4 nitrogen and oxygen atoms in total. The highest BCUT2D eigenvalue weighted by atomic mass is 32.1. The van der Waals surface area contributed by atoms with Gasteiger partial charge in [0.25, 0.3) is 0 Å². The molecule has 2 aromatic rings. The lowest BCUT2D eigenvalue weighted by Crippen LogP contribution is -2.27. The predicted octanol–water partition coefficient (Wildman–Crippen LogP) is 3.31. The zero-order chi connectivity index (χ0) is 13.1. The maximum atomic E-state index is 5.38. The molecule has 1 N–H and O–H groups in total.